The van der Waals surface area contributed by atoms with Crippen molar-refractivity contribution < 1.29 is 4.79 Å². The highest BCUT2D eigenvalue weighted by Crippen LogP contribution is 2.24. The summed E-state index contributed by atoms with van der Waals surface area (Å²) in [6, 6.07) is 0.434. The van der Waals surface area contributed by atoms with E-state index in [0.29, 0.717) is 12.0 Å². The number of amides is 1. The van der Waals surface area contributed by atoms with Crippen molar-refractivity contribution >= 4 is 5.91 Å². The van der Waals surface area contributed by atoms with Crippen molar-refractivity contribution in [3.63, 3.8) is 0 Å². The van der Waals surface area contributed by atoms with Crippen LogP contribution in [0.2, 0.25) is 0 Å². The Labute approximate surface area is 105 Å². The van der Waals surface area contributed by atoms with Gasteiger partial charge in [0, 0.05) is 12.6 Å². The van der Waals surface area contributed by atoms with Crippen molar-refractivity contribution in [1.29, 1.82) is 0 Å². The summed E-state index contributed by atoms with van der Waals surface area (Å²) in [7, 11) is 0. The van der Waals surface area contributed by atoms with Crippen LogP contribution in [0.4, 0.5) is 0 Å². The normalized spacial score (nSPS) is 38.7. The average Bonchev–Trinajstić information content (AvgIpc) is 2.29. The lowest BCUT2D eigenvalue weighted by Gasteiger charge is -2.31. The van der Waals surface area contributed by atoms with Gasteiger partial charge in [-0.1, -0.05) is 26.7 Å². The zero-order chi connectivity index (χ0) is 12.3. The summed E-state index contributed by atoms with van der Waals surface area (Å²) in [6.45, 7) is 6.43. The largest absolute Gasteiger partial charge is 0.353 e. The van der Waals surface area contributed by atoms with Crippen molar-refractivity contribution in [2.75, 3.05) is 13.1 Å². The molecule has 0 aromatic heterocycles. The first-order chi connectivity index (χ1) is 8.15. The molecule has 2 N–H and O–H groups in total. The Morgan fingerprint density at radius 2 is 1.94 bits per heavy atom. The van der Waals surface area contributed by atoms with E-state index in [9.17, 15) is 4.79 Å². The third-order valence-electron chi connectivity index (χ3n) is 4.22. The van der Waals surface area contributed by atoms with Gasteiger partial charge in [0.1, 0.15) is 0 Å². The highest BCUT2D eigenvalue weighted by Gasteiger charge is 2.27. The topological polar surface area (TPSA) is 41.1 Å². The van der Waals surface area contributed by atoms with Crippen molar-refractivity contribution in [1.82, 2.24) is 10.6 Å². The minimum Gasteiger partial charge on any atom is -0.353 e. The molecule has 0 bridgehead atoms. The van der Waals surface area contributed by atoms with Crippen LogP contribution < -0.4 is 10.6 Å². The Morgan fingerprint density at radius 3 is 2.65 bits per heavy atom. The summed E-state index contributed by atoms with van der Waals surface area (Å²) in [5.41, 5.74) is 0. The van der Waals surface area contributed by atoms with Gasteiger partial charge in [0.05, 0.1) is 5.92 Å². The molecular formula is C14H26N2O. The highest BCUT2D eigenvalue weighted by atomic mass is 16.2. The standard InChI is InChI=1S/C14H26N2O/c1-10-4-3-5-13(7-10)16-14(17)12-6-11(2)8-15-9-12/h10-13,15H,3-9H2,1-2H3,(H,16,17). The van der Waals surface area contributed by atoms with Gasteiger partial charge in [-0.3, -0.25) is 4.79 Å². The van der Waals surface area contributed by atoms with Crippen molar-refractivity contribution in [2.45, 2.75) is 52.0 Å². The second kappa shape index (κ2) is 5.85. The molecule has 17 heavy (non-hydrogen) atoms. The molecule has 1 saturated heterocycles. The number of carbonyl (C=O) groups is 1. The van der Waals surface area contributed by atoms with E-state index in [1.165, 1.54) is 25.7 Å². The van der Waals surface area contributed by atoms with Crippen molar-refractivity contribution in [2.24, 2.45) is 17.8 Å². The van der Waals surface area contributed by atoms with Crippen molar-refractivity contribution in [3.05, 3.63) is 0 Å². The van der Waals surface area contributed by atoms with E-state index in [1.807, 2.05) is 0 Å². The van der Waals surface area contributed by atoms with Crippen LogP contribution in [0.3, 0.4) is 0 Å². The molecule has 1 heterocycles. The van der Waals surface area contributed by atoms with Crippen LogP contribution in [0.5, 0.6) is 0 Å². The molecule has 2 aliphatic rings. The maximum atomic E-state index is 12.2. The van der Waals surface area contributed by atoms with E-state index in [4.69, 9.17) is 0 Å². The summed E-state index contributed by atoms with van der Waals surface area (Å²) >= 11 is 0. The van der Waals surface area contributed by atoms with Crippen LogP contribution in [0, 0.1) is 17.8 Å². The molecule has 3 nitrogen and oxygen atoms in total. The lowest BCUT2D eigenvalue weighted by molar-refractivity contribution is -0.126. The molecule has 4 atom stereocenters. The molecule has 0 aromatic carbocycles. The average molecular weight is 238 g/mol. The monoisotopic (exact) mass is 238 g/mol. The number of rotatable bonds is 2. The Kier molecular flexibility index (Phi) is 4.43. The second-order valence-electron chi connectivity index (χ2n) is 6.17. The van der Waals surface area contributed by atoms with Crippen LogP contribution >= 0.6 is 0 Å². The molecule has 4 unspecified atom stereocenters. The molecule has 0 spiro atoms. The predicted molar refractivity (Wildman–Crippen MR) is 69.7 cm³/mol. The van der Waals surface area contributed by atoms with Crippen LogP contribution in [0.15, 0.2) is 0 Å². The van der Waals surface area contributed by atoms with E-state index in [2.05, 4.69) is 24.5 Å². The predicted octanol–water partition coefficient (Wildman–Crippen LogP) is 1.93. The molecule has 98 valence electrons. The lowest BCUT2D eigenvalue weighted by atomic mass is 9.86. The molecule has 2 fully saturated rings. The number of piperidine rings is 1. The Balaban J connectivity index is 1.79. The summed E-state index contributed by atoms with van der Waals surface area (Å²) in [5.74, 6) is 1.88. The Hall–Kier alpha value is -0.570. The molecule has 2 rings (SSSR count). The summed E-state index contributed by atoms with van der Waals surface area (Å²) in [4.78, 5) is 12.2. The van der Waals surface area contributed by atoms with E-state index in [1.54, 1.807) is 0 Å². The van der Waals surface area contributed by atoms with Gasteiger partial charge < -0.3 is 10.6 Å². The zero-order valence-corrected chi connectivity index (χ0v) is 11.2. The SMILES string of the molecule is CC1CCCC(NC(=O)C2CNCC(C)C2)C1. The molecule has 1 aliphatic carbocycles. The first-order valence-electron chi connectivity index (χ1n) is 7.16. The number of hydrogen-bond donors (Lipinski definition) is 2. The highest BCUT2D eigenvalue weighted by molar-refractivity contribution is 5.79. The fourth-order valence-corrected chi connectivity index (χ4v) is 3.24. The third kappa shape index (κ3) is 3.70. The minimum atomic E-state index is 0.191. The number of carbonyl (C=O) groups excluding carboxylic acids is 1. The van der Waals surface area contributed by atoms with Crippen LogP contribution in [0.1, 0.15) is 46.0 Å². The summed E-state index contributed by atoms with van der Waals surface area (Å²) in [5, 5.41) is 6.61. The van der Waals surface area contributed by atoms with Crippen LogP contribution in [-0.4, -0.2) is 25.0 Å². The van der Waals surface area contributed by atoms with Crippen LogP contribution in [-0.2, 0) is 4.79 Å². The molecule has 0 aromatic rings. The Bertz CT molecular complexity index is 267. The first kappa shape index (κ1) is 12.9. The number of hydrogen-bond acceptors (Lipinski definition) is 2. The molecule has 3 heteroatoms. The first-order valence-corrected chi connectivity index (χ1v) is 7.16. The molecule has 1 amide bonds. The summed E-state index contributed by atoms with van der Waals surface area (Å²) in [6.07, 6.45) is 5.98. The molecular weight excluding hydrogens is 212 g/mol. The van der Waals surface area contributed by atoms with Gasteiger partial charge in [0.2, 0.25) is 5.91 Å². The van der Waals surface area contributed by atoms with Gasteiger partial charge in [-0.15, -0.1) is 0 Å². The van der Waals surface area contributed by atoms with E-state index >= 15 is 0 Å². The van der Waals surface area contributed by atoms with Gasteiger partial charge >= 0.3 is 0 Å². The van der Waals surface area contributed by atoms with E-state index in [-0.39, 0.29) is 11.8 Å². The quantitative estimate of drug-likeness (QED) is 0.772. The molecule has 1 aliphatic heterocycles. The fourth-order valence-electron chi connectivity index (χ4n) is 3.24. The smallest absolute Gasteiger partial charge is 0.224 e. The van der Waals surface area contributed by atoms with Gasteiger partial charge in [0.15, 0.2) is 0 Å². The maximum Gasteiger partial charge on any atom is 0.224 e. The van der Waals surface area contributed by atoms with Gasteiger partial charge in [-0.25, -0.2) is 0 Å². The van der Waals surface area contributed by atoms with Gasteiger partial charge in [-0.2, -0.15) is 0 Å². The van der Waals surface area contributed by atoms with E-state index < -0.39 is 0 Å². The molecule has 1 saturated carbocycles. The number of nitrogens with one attached hydrogen (secondary N) is 2. The lowest BCUT2D eigenvalue weighted by Crippen LogP contribution is -2.47. The van der Waals surface area contributed by atoms with E-state index in [0.717, 1.165) is 25.4 Å². The second-order valence-corrected chi connectivity index (χ2v) is 6.17. The Morgan fingerprint density at radius 1 is 1.12 bits per heavy atom. The maximum absolute atomic E-state index is 12.2. The van der Waals surface area contributed by atoms with Crippen molar-refractivity contribution in [3.8, 4) is 0 Å². The zero-order valence-electron chi connectivity index (χ0n) is 11.2. The van der Waals surface area contributed by atoms with Gasteiger partial charge in [0.25, 0.3) is 0 Å². The van der Waals surface area contributed by atoms with Crippen LogP contribution in [0.25, 0.3) is 0 Å². The minimum absolute atomic E-state index is 0.191. The van der Waals surface area contributed by atoms with Gasteiger partial charge in [-0.05, 0) is 37.6 Å². The summed E-state index contributed by atoms with van der Waals surface area (Å²) < 4.78 is 0. The molecule has 0 radical (unpaired) electrons. The third-order valence-corrected chi connectivity index (χ3v) is 4.22. The fraction of sp³-hybridized carbons (Fsp3) is 0.929.